The fourth-order valence-electron chi connectivity index (χ4n) is 4.91. The second-order valence-electron chi connectivity index (χ2n) is 10.4. The zero-order chi connectivity index (χ0) is 23.0. The van der Waals surface area contributed by atoms with Gasteiger partial charge in [-0.05, 0) is 31.7 Å². The highest BCUT2D eigenvalue weighted by Gasteiger charge is 2.52. The molecule has 164 valence electrons. The van der Waals surface area contributed by atoms with Gasteiger partial charge in [0.15, 0.2) is 0 Å². The van der Waals surface area contributed by atoms with Gasteiger partial charge in [0.25, 0.3) is 0 Å². The predicted octanol–water partition coefficient (Wildman–Crippen LogP) is 6.80. The maximum Gasteiger partial charge on any atom is 0.224 e. The number of ether oxygens (including phenoxy) is 1. The second-order valence-corrected chi connectivity index (χ2v) is 10.4. The van der Waals surface area contributed by atoms with E-state index in [1.165, 1.54) is 0 Å². The molecule has 0 N–H and O–H groups in total. The number of fused-ring (bicyclic) bond motifs is 1. The van der Waals surface area contributed by atoms with Crippen LogP contribution in [0.15, 0.2) is 89.9 Å². The molecule has 0 aromatic heterocycles. The third-order valence-corrected chi connectivity index (χ3v) is 5.69. The van der Waals surface area contributed by atoms with Crippen LogP contribution < -0.4 is 0 Å². The molecule has 1 atom stereocenters. The van der Waals surface area contributed by atoms with E-state index in [9.17, 15) is 4.79 Å². The Kier molecular flexibility index (Phi) is 5.54. The second kappa shape index (κ2) is 8.05. The number of carbonyl (C=O) groups excluding carboxylic acids is 1. The highest BCUT2D eigenvalue weighted by Crippen LogP contribution is 2.45. The number of carbonyl (C=O) groups is 1. The van der Waals surface area contributed by atoms with E-state index in [1.807, 2.05) is 84.9 Å². The zero-order valence-corrected chi connectivity index (χ0v) is 19.6. The van der Waals surface area contributed by atoms with Crippen LogP contribution in [0.1, 0.15) is 68.1 Å². The molecule has 0 radical (unpaired) electrons. The van der Waals surface area contributed by atoms with Crippen molar-refractivity contribution in [3.05, 3.63) is 107 Å². The molecule has 0 amide bonds. The molecule has 32 heavy (non-hydrogen) atoms. The average Bonchev–Trinajstić information content (AvgIpc) is 3.07. The fourth-order valence-corrected chi connectivity index (χ4v) is 4.91. The first kappa shape index (κ1) is 22.0. The molecule has 0 spiro atoms. The van der Waals surface area contributed by atoms with E-state index in [0.29, 0.717) is 11.5 Å². The summed E-state index contributed by atoms with van der Waals surface area (Å²) in [4.78, 5) is 19.2. The van der Waals surface area contributed by atoms with Crippen LogP contribution in [0, 0.1) is 5.41 Å². The number of ketones is 1. The van der Waals surface area contributed by atoms with Crippen molar-refractivity contribution in [2.75, 3.05) is 0 Å². The molecule has 0 saturated carbocycles. The lowest BCUT2D eigenvalue weighted by Crippen LogP contribution is -2.38. The van der Waals surface area contributed by atoms with E-state index < -0.39 is 5.60 Å². The quantitative estimate of drug-likeness (QED) is 0.421. The topological polar surface area (TPSA) is 38.7 Å². The lowest BCUT2D eigenvalue weighted by Gasteiger charge is -2.31. The largest absolute Gasteiger partial charge is 0.452 e. The normalized spacial score (nSPS) is 19.5. The molecule has 0 fully saturated rings. The van der Waals surface area contributed by atoms with Crippen LogP contribution in [0.4, 0.5) is 0 Å². The molecular formula is C29H31NO2. The number of Topliss-reactive ketones (excluding diaryl/α,β-unsaturated/α-hetero) is 1. The molecular weight excluding hydrogens is 394 g/mol. The summed E-state index contributed by atoms with van der Waals surface area (Å²) in [5.41, 5.74) is 1.63. The van der Waals surface area contributed by atoms with Gasteiger partial charge in [0.2, 0.25) is 17.3 Å². The standard InChI is InChI=1S/C29H31NO2/c1-27(2,3)20-28(4,5)30-26-23-18-12-13-19-24(23)29(32-26,22-16-10-7-11-17-22)25(31)21-14-8-6-9-15-21/h6-19H,20H2,1-5H3. The molecule has 0 bridgehead atoms. The Morgan fingerprint density at radius 1 is 0.812 bits per heavy atom. The number of hydrogen-bond acceptors (Lipinski definition) is 3. The predicted molar refractivity (Wildman–Crippen MR) is 130 cm³/mol. The molecule has 4 rings (SSSR count). The van der Waals surface area contributed by atoms with E-state index in [0.717, 1.165) is 23.1 Å². The van der Waals surface area contributed by atoms with Crippen LogP contribution in [-0.2, 0) is 10.3 Å². The van der Waals surface area contributed by atoms with Crippen LogP contribution in [0.5, 0.6) is 0 Å². The Balaban J connectivity index is 1.93. The Hall–Kier alpha value is -3.20. The lowest BCUT2D eigenvalue weighted by atomic mass is 9.79. The Morgan fingerprint density at radius 2 is 1.38 bits per heavy atom. The molecule has 1 heterocycles. The zero-order valence-electron chi connectivity index (χ0n) is 19.6. The van der Waals surface area contributed by atoms with Gasteiger partial charge in [-0.25, -0.2) is 4.99 Å². The molecule has 0 aliphatic carbocycles. The minimum atomic E-state index is -1.27. The van der Waals surface area contributed by atoms with Crippen LogP contribution in [0.25, 0.3) is 0 Å². The van der Waals surface area contributed by atoms with Crippen molar-refractivity contribution in [1.29, 1.82) is 0 Å². The van der Waals surface area contributed by atoms with Crippen LogP contribution in [0.3, 0.4) is 0 Å². The summed E-state index contributed by atoms with van der Waals surface area (Å²) in [6.07, 6.45) is 0.889. The monoisotopic (exact) mass is 425 g/mol. The van der Waals surface area contributed by atoms with Gasteiger partial charge < -0.3 is 4.74 Å². The molecule has 3 heteroatoms. The average molecular weight is 426 g/mol. The van der Waals surface area contributed by atoms with Crippen molar-refractivity contribution >= 4 is 11.7 Å². The fraction of sp³-hybridized carbons (Fsp3) is 0.310. The maximum absolute atomic E-state index is 14.1. The van der Waals surface area contributed by atoms with Crippen molar-refractivity contribution in [3.8, 4) is 0 Å². The van der Waals surface area contributed by atoms with Gasteiger partial charge in [-0.3, -0.25) is 4.79 Å². The number of nitrogens with zero attached hydrogens (tertiary/aromatic N) is 1. The first-order valence-corrected chi connectivity index (χ1v) is 11.2. The summed E-state index contributed by atoms with van der Waals surface area (Å²) >= 11 is 0. The SMILES string of the molecule is CC(C)(C)CC(C)(C)N=C1OC(C(=O)c2ccccc2)(c2ccccc2)c2ccccc21. The molecule has 1 aliphatic rings. The third-order valence-electron chi connectivity index (χ3n) is 5.69. The number of benzene rings is 3. The van der Waals surface area contributed by atoms with Crippen molar-refractivity contribution in [2.24, 2.45) is 10.4 Å². The highest BCUT2D eigenvalue weighted by atomic mass is 16.5. The first-order chi connectivity index (χ1) is 15.1. The molecule has 3 aromatic carbocycles. The summed E-state index contributed by atoms with van der Waals surface area (Å²) in [6, 6.07) is 27.1. The van der Waals surface area contributed by atoms with E-state index in [4.69, 9.17) is 9.73 Å². The molecule has 3 aromatic rings. The summed E-state index contributed by atoms with van der Waals surface area (Å²) in [7, 11) is 0. The van der Waals surface area contributed by atoms with Crippen LogP contribution in [-0.4, -0.2) is 17.2 Å². The van der Waals surface area contributed by atoms with E-state index in [-0.39, 0.29) is 16.7 Å². The smallest absolute Gasteiger partial charge is 0.224 e. The van der Waals surface area contributed by atoms with Gasteiger partial charge in [0.1, 0.15) is 0 Å². The molecule has 1 aliphatic heterocycles. The summed E-state index contributed by atoms with van der Waals surface area (Å²) in [5.74, 6) is 0.443. The van der Waals surface area contributed by atoms with Gasteiger partial charge >= 0.3 is 0 Å². The van der Waals surface area contributed by atoms with Crippen molar-refractivity contribution in [2.45, 2.75) is 52.2 Å². The summed E-state index contributed by atoms with van der Waals surface area (Å²) in [6.45, 7) is 10.9. The van der Waals surface area contributed by atoms with Gasteiger partial charge in [0.05, 0.1) is 5.54 Å². The Morgan fingerprint density at radius 3 is 2.00 bits per heavy atom. The number of rotatable bonds is 5. The molecule has 0 saturated heterocycles. The van der Waals surface area contributed by atoms with Gasteiger partial charge in [0, 0.05) is 22.3 Å². The van der Waals surface area contributed by atoms with Gasteiger partial charge in [-0.1, -0.05) is 99.6 Å². The number of aliphatic imine (C=N–C) groups is 1. The minimum absolute atomic E-state index is 0.0874. The minimum Gasteiger partial charge on any atom is -0.452 e. The van der Waals surface area contributed by atoms with Gasteiger partial charge in [-0.2, -0.15) is 0 Å². The highest BCUT2D eigenvalue weighted by molar-refractivity contribution is 6.12. The number of hydrogen-bond donors (Lipinski definition) is 0. The first-order valence-electron chi connectivity index (χ1n) is 11.2. The van der Waals surface area contributed by atoms with E-state index in [2.05, 4.69) is 34.6 Å². The van der Waals surface area contributed by atoms with E-state index >= 15 is 0 Å². The van der Waals surface area contributed by atoms with E-state index in [1.54, 1.807) is 0 Å². The molecule has 1 unspecified atom stereocenters. The van der Waals surface area contributed by atoms with Crippen molar-refractivity contribution in [1.82, 2.24) is 0 Å². The Bertz CT molecular complexity index is 1140. The Labute approximate surface area is 191 Å². The van der Waals surface area contributed by atoms with Crippen LogP contribution >= 0.6 is 0 Å². The summed E-state index contributed by atoms with van der Waals surface area (Å²) in [5, 5.41) is 0. The lowest BCUT2D eigenvalue weighted by molar-refractivity contribution is 0.0584. The van der Waals surface area contributed by atoms with Crippen molar-refractivity contribution < 1.29 is 9.53 Å². The summed E-state index contributed by atoms with van der Waals surface area (Å²) < 4.78 is 6.67. The third kappa shape index (κ3) is 4.12. The molecule has 3 nitrogen and oxygen atoms in total. The van der Waals surface area contributed by atoms with Crippen molar-refractivity contribution in [3.63, 3.8) is 0 Å². The van der Waals surface area contributed by atoms with Crippen LogP contribution in [0.2, 0.25) is 0 Å². The maximum atomic E-state index is 14.1. The van der Waals surface area contributed by atoms with Gasteiger partial charge in [-0.15, -0.1) is 0 Å².